The monoisotopic (exact) mass is 2160 g/mol. The van der Waals surface area contributed by atoms with Crippen LogP contribution >= 0.6 is 24.4 Å². The molecule has 0 bridgehead atoms. The molecule has 1 aliphatic heterocycles. The molecule has 22 atom stereocenters. The first-order valence-electron chi connectivity index (χ1n) is 49.4. The first-order chi connectivity index (χ1) is 70.2. The predicted octanol–water partition coefficient (Wildman–Crippen LogP) is -8.45. The van der Waals surface area contributed by atoms with E-state index in [4.69, 9.17) is 33.8 Å². The van der Waals surface area contributed by atoms with Gasteiger partial charge in [0.15, 0.2) is 0 Å². The lowest BCUT2D eigenvalue weighted by atomic mass is 9.96. The number of benzene rings is 1. The Hall–Kier alpha value is -13.5. The Labute approximate surface area is 878 Å². The molecule has 0 spiro atoms. The Kier molecular flexibility index (Phi) is 59.7. The Morgan fingerprint density at radius 2 is 0.800 bits per heavy atom. The molecule has 2 rings (SSSR count). The van der Waals surface area contributed by atoms with E-state index < -0.39 is 338 Å². The number of rotatable bonds is 71. The number of hydrogen-bond donors (Lipinski definition) is 29. The molecule has 33 N–H and O–H groups in total. The molecule has 0 saturated carbocycles. The highest BCUT2D eigenvalue weighted by Gasteiger charge is 2.44. The van der Waals surface area contributed by atoms with Crippen molar-refractivity contribution >= 4 is 172 Å². The largest absolute Gasteiger partial charge is 0.481 e. The van der Waals surface area contributed by atoms with Gasteiger partial charge in [-0.3, -0.25) is 120 Å². The van der Waals surface area contributed by atoms with Gasteiger partial charge in [-0.25, -0.2) is 0 Å². The maximum Gasteiger partial charge on any atom is 0.325 e. The van der Waals surface area contributed by atoms with Crippen molar-refractivity contribution in [3.05, 3.63) is 35.9 Å². The predicted molar refractivity (Wildman–Crippen MR) is 544 cm³/mol. The van der Waals surface area contributed by atoms with Gasteiger partial charge in [-0.05, 0) is 159 Å². The summed E-state index contributed by atoms with van der Waals surface area (Å²) in [5, 5.41) is 93.6. The van der Waals surface area contributed by atoms with E-state index in [1.807, 2.05) is 0 Å². The number of primary amides is 3. The summed E-state index contributed by atoms with van der Waals surface area (Å²) in [7, 11) is 0. The number of nitrogens with zero attached hydrogens (tertiary/aromatic N) is 1. The molecule has 1 heterocycles. The molecule has 0 aliphatic carbocycles. The number of amides is 22. The van der Waals surface area contributed by atoms with Crippen LogP contribution in [0.3, 0.4) is 0 Å². The van der Waals surface area contributed by atoms with Crippen molar-refractivity contribution < 1.29 is 145 Å². The molecule has 56 heteroatoms. The second-order valence-electron chi connectivity index (χ2n) is 38.1. The highest BCUT2D eigenvalue weighted by atomic mass is 32.2. The van der Waals surface area contributed by atoms with E-state index in [1.54, 1.807) is 92.0 Å². The van der Waals surface area contributed by atoms with Crippen LogP contribution in [0.5, 0.6) is 0 Å². The van der Waals surface area contributed by atoms with Crippen LogP contribution in [0.1, 0.15) is 211 Å². The molecule has 1 aromatic carbocycles. The topological polar surface area (TPSA) is 878 Å². The van der Waals surface area contributed by atoms with E-state index in [2.05, 4.69) is 108 Å². The first-order valence-corrected chi connectivity index (χ1v) is 51.4. The number of likely N-dealkylation sites (tertiary alicyclic amines) is 1. The van der Waals surface area contributed by atoms with Crippen molar-refractivity contribution in [2.75, 3.05) is 37.4 Å². The van der Waals surface area contributed by atoms with Crippen LogP contribution in [0.2, 0.25) is 0 Å². The average molecular weight is 2160 g/mol. The average Bonchev–Trinajstić information content (AvgIpc) is 1.65. The minimum atomic E-state index is -2.06. The number of aliphatic carboxylic acids is 3. The van der Waals surface area contributed by atoms with Gasteiger partial charge in [-0.1, -0.05) is 92.1 Å². The zero-order valence-corrected chi connectivity index (χ0v) is 88.6. The number of carbonyl (C=O) groups excluding carboxylic acids is 22. The Morgan fingerprint density at radius 1 is 0.407 bits per heavy atom. The van der Waals surface area contributed by atoms with Crippen LogP contribution in [0.25, 0.3) is 0 Å². The third-order valence-electron chi connectivity index (χ3n) is 23.7. The van der Waals surface area contributed by atoms with Crippen LogP contribution in [0.4, 0.5) is 0 Å². The number of aliphatic hydroxyl groups is 2. The fourth-order valence-corrected chi connectivity index (χ4v) is 15.8. The Bertz CT molecular complexity index is 4810. The first kappa shape index (κ1) is 133. The van der Waals surface area contributed by atoms with Crippen LogP contribution in [0, 0.1) is 23.7 Å². The summed E-state index contributed by atoms with van der Waals surface area (Å²) >= 11 is 5.64. The number of thiol groups is 1. The molecular formula is C94H154N24O30S2. The number of hydrogen-bond acceptors (Lipinski definition) is 31. The number of carbonyl (C=O) groups is 25. The second-order valence-corrected chi connectivity index (χ2v) is 39.5. The summed E-state index contributed by atoms with van der Waals surface area (Å²) in [6, 6.07) is -22.5. The van der Waals surface area contributed by atoms with E-state index in [1.165, 1.54) is 18.7 Å². The number of aliphatic hydroxyl groups excluding tert-OH is 2. The van der Waals surface area contributed by atoms with Gasteiger partial charge in [0.1, 0.15) is 109 Å². The van der Waals surface area contributed by atoms with Gasteiger partial charge in [-0.2, -0.15) is 24.4 Å². The van der Waals surface area contributed by atoms with Crippen molar-refractivity contribution in [3.8, 4) is 0 Å². The molecular weight excluding hydrogens is 2010 g/mol. The SMILES string of the molecule is CC[C@H](C)[C@H](NC(=O)[C@H](CC(C)C)NC(=O)[C@@H](NC(=O)[C@H](C)NC(=O)[C@H](CC(=O)O)NC(=O)[C@@H]1CCCN1C(=O)[C@H](CS)NC(=O)[C@H](CCCCN)NC(=O)[C@@H](NC(=O)[C@H](CC(N)=O)NC(=O)[C@H](C)NC(=O)[C@H](CCC(N)=O)NC(=O)[C@H](CCC(N)=O)NC(=O)[C@H](Cc1ccccc1)NC(=O)[C@H](CC(C)C)NC(=O)CNC(=O)[C@H](CC(C)C)NC(=O)[C@H](CCSC)NC(=O)[C@@H](N)CCC(=O)O)[C@@H](C)O)[C@@H](C)O)C(=O)N[C@@H](C)C(=O)O. The Morgan fingerprint density at radius 3 is 1.27 bits per heavy atom. The highest BCUT2D eigenvalue weighted by molar-refractivity contribution is 7.98. The van der Waals surface area contributed by atoms with E-state index in [-0.39, 0.29) is 101 Å². The van der Waals surface area contributed by atoms with Crippen LogP contribution < -0.4 is 124 Å². The quantitative estimate of drug-likeness (QED) is 0.0213. The maximum atomic E-state index is 14.7. The van der Waals surface area contributed by atoms with Gasteiger partial charge < -0.3 is 155 Å². The summed E-state index contributed by atoms with van der Waals surface area (Å²) in [5.41, 5.74) is 28.6. The summed E-state index contributed by atoms with van der Waals surface area (Å²) < 4.78 is 0. The fraction of sp³-hybridized carbons (Fsp3) is 0.670. The molecule has 1 aromatic rings. The van der Waals surface area contributed by atoms with Crippen molar-refractivity contribution in [2.24, 2.45) is 52.3 Å². The van der Waals surface area contributed by atoms with Gasteiger partial charge in [-0.15, -0.1) is 0 Å². The molecule has 0 unspecified atom stereocenters. The number of nitrogens with two attached hydrogens (primary N) is 5. The van der Waals surface area contributed by atoms with Crippen LogP contribution in [-0.4, -0.2) is 343 Å². The van der Waals surface area contributed by atoms with E-state index >= 15 is 0 Å². The van der Waals surface area contributed by atoms with Gasteiger partial charge in [0.25, 0.3) is 0 Å². The molecule has 54 nitrogen and oxygen atoms in total. The highest BCUT2D eigenvalue weighted by Crippen LogP contribution is 2.22. The van der Waals surface area contributed by atoms with Crippen molar-refractivity contribution in [3.63, 3.8) is 0 Å². The maximum absolute atomic E-state index is 14.7. The van der Waals surface area contributed by atoms with Gasteiger partial charge in [0.05, 0.1) is 37.6 Å². The number of carboxylic acids is 3. The Balaban J connectivity index is 2.42. The third kappa shape index (κ3) is 48.9. The van der Waals surface area contributed by atoms with Gasteiger partial charge in [0, 0.05) is 38.0 Å². The summed E-state index contributed by atoms with van der Waals surface area (Å²) in [4.78, 5) is 340. The lowest BCUT2D eigenvalue weighted by Crippen LogP contribution is -2.62. The number of carboxylic acid groups (broad SMARTS) is 3. The van der Waals surface area contributed by atoms with E-state index in [9.17, 15) is 140 Å². The third-order valence-corrected chi connectivity index (χ3v) is 24.7. The van der Waals surface area contributed by atoms with Gasteiger partial charge >= 0.3 is 17.9 Å². The number of thioether (sulfide) groups is 1. The molecule has 0 radical (unpaired) electrons. The van der Waals surface area contributed by atoms with E-state index in [0.29, 0.717) is 17.7 Å². The van der Waals surface area contributed by atoms with Crippen molar-refractivity contribution in [1.29, 1.82) is 0 Å². The standard InChI is InChI=1S/C94H154N24O30S2/c1-15-47(8)73(90(143)103-50(11)94(147)148)115-87(140)61(38-46(6)7)113-92(145)74(51(12)119)116-77(130)49(10)102-84(137)64(41-72(127)128)112-89(142)66-25-21-34-118(66)93(146)65(43-149)114-81(134)55(24-19-20-33-95)108-91(144)75(52(13)120)117-88(141)63(40-69(99)123)109-76(129)48(9)101-80(133)56(27-29-67(97)121)106-82(135)57(28-30-68(98)122)107-86(139)62(39-53-22-17-16-18-23-53)111-85(138)60(37-45(4)5)104-70(124)42-100-79(132)59(36-44(2)3)110-83(136)58(32-35-150-14)105-78(131)54(96)26-31-71(125)126/h16-18,22-23,44-52,54-66,73-75,119-120,149H,15,19-21,24-43,95-96H2,1-14H3,(H2,97,121)(H2,98,122)(H2,99,123)(H,100,132)(H,101,133)(H,102,137)(H,103,143)(H,104,124)(H,105,131)(H,106,135)(H,107,139)(H,108,144)(H,109,129)(H,110,136)(H,111,138)(H,112,142)(H,113,145)(H,114,134)(H,115,140)(H,116,130)(H,117,141)(H,125,126)(H,127,128)(H,147,148)/t47-,48-,49-,50-,51+,52+,54-,55-,56-,57-,58-,59-,60-,61-,62-,63-,64-,65-,66-,73-,74-,75-/m0/s1. The molecule has 1 fully saturated rings. The van der Waals surface area contributed by atoms with E-state index in [0.717, 1.165) is 32.6 Å². The molecule has 1 saturated heterocycles. The summed E-state index contributed by atoms with van der Waals surface area (Å²) in [6.45, 7) is 18.3. The molecule has 0 aromatic heterocycles. The molecule has 1 aliphatic rings. The summed E-state index contributed by atoms with van der Waals surface area (Å²) in [5.74, 6) is -29.1. The molecule has 150 heavy (non-hydrogen) atoms. The number of nitrogens with one attached hydrogen (secondary N) is 18. The fourth-order valence-electron chi connectivity index (χ4n) is 15.1. The van der Waals surface area contributed by atoms with Crippen LogP contribution in [0.15, 0.2) is 30.3 Å². The zero-order valence-electron chi connectivity index (χ0n) is 86.9. The lowest BCUT2D eigenvalue weighted by molar-refractivity contribution is -0.144. The minimum Gasteiger partial charge on any atom is -0.481 e. The lowest BCUT2D eigenvalue weighted by Gasteiger charge is -2.31. The normalized spacial score (nSPS) is 16.4. The minimum absolute atomic E-state index is 0.0387. The number of unbranched alkanes of at least 4 members (excludes halogenated alkanes) is 1. The smallest absolute Gasteiger partial charge is 0.325 e. The van der Waals surface area contributed by atoms with Crippen molar-refractivity contribution in [1.82, 2.24) is 101 Å². The van der Waals surface area contributed by atoms with Crippen LogP contribution in [-0.2, 0) is 126 Å². The molecule has 842 valence electrons. The van der Waals surface area contributed by atoms with Crippen molar-refractivity contribution in [2.45, 2.75) is 339 Å². The zero-order chi connectivity index (χ0) is 114. The van der Waals surface area contributed by atoms with Gasteiger partial charge in [0.2, 0.25) is 130 Å². The molecule has 22 amide bonds. The summed E-state index contributed by atoms with van der Waals surface area (Å²) in [6.07, 6.45) is -6.92. The second kappa shape index (κ2) is 67.6.